The zero-order valence-corrected chi connectivity index (χ0v) is 17.0. The van der Waals surface area contributed by atoms with Crippen LogP contribution in [0.5, 0.6) is 0 Å². The highest BCUT2D eigenvalue weighted by molar-refractivity contribution is 7.99. The van der Waals surface area contributed by atoms with Gasteiger partial charge in [0, 0.05) is 26.8 Å². The molecular weight excluding hydrogens is 421 g/mol. The van der Waals surface area contributed by atoms with Crippen LogP contribution in [0.4, 0.5) is 10.1 Å². The van der Waals surface area contributed by atoms with Crippen LogP contribution in [0.2, 0.25) is 5.02 Å². The van der Waals surface area contributed by atoms with Crippen LogP contribution in [0.1, 0.15) is 10.4 Å². The minimum atomic E-state index is -3.43. The molecule has 144 valence electrons. The first-order valence-electron chi connectivity index (χ1n) is 8.07. The van der Waals surface area contributed by atoms with E-state index in [1.165, 1.54) is 42.1 Å². The van der Waals surface area contributed by atoms with Crippen molar-refractivity contribution in [2.24, 2.45) is 0 Å². The molecular formula is C20H15ClFNO3S2. The minimum absolute atomic E-state index is 0.0644. The van der Waals surface area contributed by atoms with E-state index in [0.29, 0.717) is 9.92 Å². The highest BCUT2D eigenvalue weighted by Crippen LogP contribution is 2.33. The monoisotopic (exact) mass is 435 g/mol. The van der Waals surface area contributed by atoms with Crippen LogP contribution in [-0.2, 0) is 9.84 Å². The maximum Gasteiger partial charge on any atom is 0.259 e. The Hall–Kier alpha value is -2.35. The van der Waals surface area contributed by atoms with Gasteiger partial charge in [-0.1, -0.05) is 35.5 Å². The predicted octanol–water partition coefficient (Wildman–Crippen LogP) is 5.29. The zero-order valence-electron chi connectivity index (χ0n) is 14.6. The van der Waals surface area contributed by atoms with Crippen LogP contribution >= 0.6 is 23.4 Å². The van der Waals surface area contributed by atoms with Gasteiger partial charge in [0.2, 0.25) is 0 Å². The van der Waals surface area contributed by atoms with E-state index >= 15 is 0 Å². The second-order valence-corrected chi connectivity index (χ2v) is 9.49. The molecule has 0 fully saturated rings. The number of benzene rings is 3. The van der Waals surface area contributed by atoms with Gasteiger partial charge in [0.1, 0.15) is 5.82 Å². The number of amides is 1. The number of rotatable bonds is 5. The Bertz CT molecular complexity index is 1130. The molecule has 0 unspecified atom stereocenters. The third-order valence-electron chi connectivity index (χ3n) is 3.76. The summed E-state index contributed by atoms with van der Waals surface area (Å²) in [7, 11) is -3.43. The lowest BCUT2D eigenvalue weighted by Gasteiger charge is -2.12. The summed E-state index contributed by atoms with van der Waals surface area (Å²) in [5, 5.41) is 3.15. The Morgan fingerprint density at radius 3 is 2.39 bits per heavy atom. The topological polar surface area (TPSA) is 63.2 Å². The average Bonchev–Trinajstić information content (AvgIpc) is 2.63. The third kappa shape index (κ3) is 4.92. The van der Waals surface area contributed by atoms with Gasteiger partial charge in [-0.25, -0.2) is 12.8 Å². The summed E-state index contributed by atoms with van der Waals surface area (Å²) in [6, 6.07) is 17.1. The van der Waals surface area contributed by atoms with Gasteiger partial charge in [0.25, 0.3) is 5.91 Å². The van der Waals surface area contributed by atoms with E-state index in [1.807, 2.05) is 0 Å². The first-order valence-corrected chi connectivity index (χ1v) is 11.2. The van der Waals surface area contributed by atoms with Crippen molar-refractivity contribution in [3.8, 4) is 0 Å². The molecule has 4 nitrogen and oxygen atoms in total. The van der Waals surface area contributed by atoms with Crippen LogP contribution in [0.15, 0.2) is 81.4 Å². The Morgan fingerprint density at radius 1 is 1.04 bits per heavy atom. The molecule has 0 saturated carbocycles. The molecule has 8 heteroatoms. The van der Waals surface area contributed by atoms with Gasteiger partial charge < -0.3 is 5.32 Å². The van der Waals surface area contributed by atoms with E-state index in [2.05, 4.69) is 5.32 Å². The van der Waals surface area contributed by atoms with Crippen LogP contribution in [0.25, 0.3) is 0 Å². The number of nitrogens with one attached hydrogen (secondary N) is 1. The first-order chi connectivity index (χ1) is 13.2. The number of carbonyl (C=O) groups excluding carboxylic acids is 1. The normalized spacial score (nSPS) is 11.2. The van der Waals surface area contributed by atoms with Gasteiger partial charge in [-0.3, -0.25) is 4.79 Å². The van der Waals surface area contributed by atoms with Gasteiger partial charge in [0.15, 0.2) is 9.84 Å². The van der Waals surface area contributed by atoms with Gasteiger partial charge in [-0.2, -0.15) is 0 Å². The Kier molecular flexibility index (Phi) is 6.07. The fourth-order valence-corrected chi connectivity index (χ4v) is 4.20. The summed E-state index contributed by atoms with van der Waals surface area (Å²) < 4.78 is 37.8. The smallest absolute Gasteiger partial charge is 0.259 e. The standard InChI is InChI=1S/C20H15ClFNO3S2/c1-28(25,26)16-5-2-4-14(12-16)23-20(24)19-17(22)6-3-7-18(19)27-15-10-8-13(21)9-11-15/h2-12H,1H3,(H,23,24). The Labute approximate surface area is 171 Å². The fraction of sp³-hybridized carbons (Fsp3) is 0.0500. The molecule has 0 atom stereocenters. The molecule has 28 heavy (non-hydrogen) atoms. The molecule has 0 bridgehead atoms. The number of hydrogen-bond donors (Lipinski definition) is 1. The van der Waals surface area contributed by atoms with E-state index in [1.54, 1.807) is 36.4 Å². The Morgan fingerprint density at radius 2 is 1.71 bits per heavy atom. The second-order valence-electron chi connectivity index (χ2n) is 5.92. The van der Waals surface area contributed by atoms with Crippen LogP contribution < -0.4 is 5.32 Å². The Balaban J connectivity index is 1.91. The number of anilines is 1. The van der Waals surface area contributed by atoms with Crippen LogP contribution in [0, 0.1) is 5.82 Å². The molecule has 0 aromatic heterocycles. The summed E-state index contributed by atoms with van der Waals surface area (Å²) in [5.41, 5.74) is 0.144. The van der Waals surface area contributed by atoms with Gasteiger partial charge in [-0.15, -0.1) is 0 Å². The molecule has 3 aromatic carbocycles. The van der Waals surface area contributed by atoms with Crippen molar-refractivity contribution in [2.75, 3.05) is 11.6 Å². The van der Waals surface area contributed by atoms with Crippen molar-refractivity contribution in [2.45, 2.75) is 14.7 Å². The fourth-order valence-electron chi connectivity index (χ4n) is 2.44. The third-order valence-corrected chi connectivity index (χ3v) is 6.19. The number of halogens is 2. The largest absolute Gasteiger partial charge is 0.322 e. The van der Waals surface area contributed by atoms with Crippen molar-refractivity contribution in [1.29, 1.82) is 0 Å². The van der Waals surface area contributed by atoms with E-state index in [0.717, 1.165) is 11.2 Å². The predicted molar refractivity (Wildman–Crippen MR) is 109 cm³/mol. The van der Waals surface area contributed by atoms with E-state index < -0.39 is 21.6 Å². The van der Waals surface area contributed by atoms with Crippen molar-refractivity contribution >= 4 is 44.8 Å². The highest BCUT2D eigenvalue weighted by atomic mass is 35.5. The molecule has 3 aromatic rings. The van der Waals surface area contributed by atoms with E-state index in [4.69, 9.17) is 11.6 Å². The molecule has 1 N–H and O–H groups in total. The summed E-state index contributed by atoms with van der Waals surface area (Å²) >= 11 is 7.11. The number of hydrogen-bond acceptors (Lipinski definition) is 4. The van der Waals surface area contributed by atoms with Crippen molar-refractivity contribution in [1.82, 2.24) is 0 Å². The van der Waals surface area contributed by atoms with E-state index in [9.17, 15) is 17.6 Å². The molecule has 0 radical (unpaired) electrons. The van der Waals surface area contributed by atoms with Gasteiger partial charge >= 0.3 is 0 Å². The lowest BCUT2D eigenvalue weighted by Crippen LogP contribution is -2.15. The molecule has 3 rings (SSSR count). The summed E-state index contributed by atoms with van der Waals surface area (Å²) in [5.74, 6) is -1.34. The maximum atomic E-state index is 14.4. The maximum absolute atomic E-state index is 14.4. The highest BCUT2D eigenvalue weighted by Gasteiger charge is 2.18. The molecule has 0 saturated heterocycles. The quantitative estimate of drug-likeness (QED) is 0.591. The molecule has 0 aliphatic rings. The minimum Gasteiger partial charge on any atom is -0.322 e. The molecule has 0 spiro atoms. The number of carbonyl (C=O) groups is 1. The first kappa shape index (κ1) is 20.4. The summed E-state index contributed by atoms with van der Waals surface area (Å²) in [6.45, 7) is 0. The van der Waals surface area contributed by atoms with Gasteiger partial charge in [0.05, 0.1) is 10.5 Å². The van der Waals surface area contributed by atoms with Crippen molar-refractivity contribution in [3.05, 3.63) is 83.1 Å². The molecule has 0 aliphatic heterocycles. The SMILES string of the molecule is CS(=O)(=O)c1cccc(NC(=O)c2c(F)cccc2Sc2ccc(Cl)cc2)c1. The summed E-state index contributed by atoms with van der Waals surface area (Å²) in [6.07, 6.45) is 1.08. The number of sulfone groups is 1. The zero-order chi connectivity index (χ0) is 20.3. The summed E-state index contributed by atoms with van der Waals surface area (Å²) in [4.78, 5) is 14.0. The van der Waals surface area contributed by atoms with Crippen molar-refractivity contribution in [3.63, 3.8) is 0 Å². The van der Waals surface area contributed by atoms with Crippen LogP contribution in [-0.4, -0.2) is 20.6 Å². The molecule has 0 aliphatic carbocycles. The molecule has 1 amide bonds. The van der Waals surface area contributed by atoms with Gasteiger partial charge in [-0.05, 0) is 54.6 Å². The second kappa shape index (κ2) is 8.34. The molecule has 0 heterocycles. The lowest BCUT2D eigenvalue weighted by atomic mass is 10.2. The van der Waals surface area contributed by atoms with Crippen LogP contribution in [0.3, 0.4) is 0 Å². The average molecular weight is 436 g/mol. The lowest BCUT2D eigenvalue weighted by molar-refractivity contribution is 0.102. The van der Waals surface area contributed by atoms with Crippen molar-refractivity contribution < 1.29 is 17.6 Å². The van der Waals surface area contributed by atoms with E-state index in [-0.39, 0.29) is 16.1 Å².